The highest BCUT2D eigenvalue weighted by molar-refractivity contribution is 6.43. The van der Waals surface area contributed by atoms with E-state index in [2.05, 4.69) is 5.32 Å². The van der Waals surface area contributed by atoms with Crippen molar-refractivity contribution in [3.05, 3.63) is 81.1 Å². The quantitative estimate of drug-likeness (QED) is 0.713. The summed E-state index contributed by atoms with van der Waals surface area (Å²) < 4.78 is 2.00. The van der Waals surface area contributed by atoms with Gasteiger partial charge in [-0.3, -0.25) is 4.79 Å². The fourth-order valence-electron chi connectivity index (χ4n) is 3.38. The maximum Gasteiger partial charge on any atom is 0.253 e. The first kappa shape index (κ1) is 17.1. The molecule has 0 spiro atoms. The Kier molecular flexibility index (Phi) is 4.70. The van der Waals surface area contributed by atoms with Crippen molar-refractivity contribution in [2.24, 2.45) is 0 Å². The Hall–Kier alpha value is -2.30. The highest BCUT2D eigenvalue weighted by Gasteiger charge is 2.23. The zero-order chi connectivity index (χ0) is 18.1. The molecule has 4 nitrogen and oxygen atoms in total. The van der Waals surface area contributed by atoms with Crippen LogP contribution in [0, 0.1) is 0 Å². The molecule has 1 heterocycles. The topological polar surface area (TPSA) is 46.9 Å². The summed E-state index contributed by atoms with van der Waals surface area (Å²) in [5.74, 6) is -0.251. The van der Waals surface area contributed by atoms with E-state index in [9.17, 15) is 4.79 Å². The number of benzene rings is 2. The minimum Gasteiger partial charge on any atom is -0.346 e. The summed E-state index contributed by atoms with van der Waals surface area (Å²) >= 11 is 12.1. The second-order valence-electron chi connectivity index (χ2n) is 6.26. The van der Waals surface area contributed by atoms with Crippen LogP contribution in [0.25, 0.3) is 5.69 Å². The van der Waals surface area contributed by atoms with Gasteiger partial charge in [-0.2, -0.15) is 5.10 Å². The van der Waals surface area contributed by atoms with Gasteiger partial charge >= 0.3 is 0 Å². The Morgan fingerprint density at radius 1 is 1.08 bits per heavy atom. The van der Waals surface area contributed by atoms with Gasteiger partial charge in [0, 0.05) is 5.69 Å². The predicted molar refractivity (Wildman–Crippen MR) is 103 cm³/mol. The van der Waals surface area contributed by atoms with Gasteiger partial charge in [0.05, 0.1) is 33.5 Å². The van der Waals surface area contributed by atoms with Gasteiger partial charge in [0.25, 0.3) is 5.91 Å². The maximum absolute atomic E-state index is 12.5. The van der Waals surface area contributed by atoms with Crippen molar-refractivity contribution in [2.75, 3.05) is 0 Å². The van der Waals surface area contributed by atoms with Crippen LogP contribution in [0.2, 0.25) is 10.0 Å². The first-order valence-electron chi connectivity index (χ1n) is 8.52. The lowest BCUT2D eigenvalue weighted by Crippen LogP contribution is -2.24. The molecule has 0 radical (unpaired) electrons. The highest BCUT2D eigenvalue weighted by atomic mass is 35.5. The second-order valence-corrected chi connectivity index (χ2v) is 7.04. The minimum absolute atomic E-state index is 0.251. The number of halogens is 2. The van der Waals surface area contributed by atoms with Crippen LogP contribution in [0.15, 0.2) is 48.5 Å². The molecule has 1 N–H and O–H groups in total. The number of nitrogens with zero attached hydrogens (tertiary/aromatic N) is 2. The monoisotopic (exact) mass is 385 g/mol. The molecule has 132 valence electrons. The van der Waals surface area contributed by atoms with Crippen LogP contribution in [0.4, 0.5) is 0 Å². The van der Waals surface area contributed by atoms with Gasteiger partial charge in [0.15, 0.2) is 0 Å². The standard InChI is InChI=1S/C20H17Cl2N3O/c21-16-10-4-9-15(19(16)22)20(26)23-12-17-14-8-5-11-18(14)25(24-17)13-6-2-1-3-7-13/h1-4,6-7,9-10H,5,8,11-12H2,(H,23,26). The third kappa shape index (κ3) is 3.11. The third-order valence-electron chi connectivity index (χ3n) is 4.63. The fraction of sp³-hybridized carbons (Fsp3) is 0.200. The number of hydrogen-bond donors (Lipinski definition) is 1. The van der Waals surface area contributed by atoms with Gasteiger partial charge in [-0.1, -0.05) is 47.5 Å². The molecular weight excluding hydrogens is 369 g/mol. The summed E-state index contributed by atoms with van der Waals surface area (Å²) in [5, 5.41) is 8.31. The summed E-state index contributed by atoms with van der Waals surface area (Å²) in [6.07, 6.45) is 3.11. The van der Waals surface area contributed by atoms with E-state index in [0.717, 1.165) is 30.6 Å². The summed E-state index contributed by atoms with van der Waals surface area (Å²) in [6, 6.07) is 15.1. The van der Waals surface area contributed by atoms with Crippen molar-refractivity contribution in [2.45, 2.75) is 25.8 Å². The number of carbonyl (C=O) groups excluding carboxylic acids is 1. The zero-order valence-electron chi connectivity index (χ0n) is 14.0. The number of carbonyl (C=O) groups is 1. The van der Waals surface area contributed by atoms with Gasteiger partial charge in [0.2, 0.25) is 0 Å². The third-order valence-corrected chi connectivity index (χ3v) is 5.45. The molecule has 1 amide bonds. The summed E-state index contributed by atoms with van der Waals surface area (Å²) in [6.45, 7) is 0.365. The molecule has 1 aliphatic carbocycles. The summed E-state index contributed by atoms with van der Waals surface area (Å²) in [7, 11) is 0. The van der Waals surface area contributed by atoms with E-state index in [0.29, 0.717) is 17.1 Å². The lowest BCUT2D eigenvalue weighted by Gasteiger charge is -2.07. The van der Waals surface area contributed by atoms with E-state index >= 15 is 0 Å². The highest BCUT2D eigenvalue weighted by Crippen LogP contribution is 2.28. The van der Waals surface area contributed by atoms with Crippen molar-refractivity contribution in [1.82, 2.24) is 15.1 Å². The van der Waals surface area contributed by atoms with E-state index in [-0.39, 0.29) is 10.9 Å². The number of hydrogen-bond acceptors (Lipinski definition) is 2. The molecule has 2 aromatic carbocycles. The van der Waals surface area contributed by atoms with E-state index in [4.69, 9.17) is 28.3 Å². The summed E-state index contributed by atoms with van der Waals surface area (Å²) in [4.78, 5) is 12.5. The number of aromatic nitrogens is 2. The summed E-state index contributed by atoms with van der Waals surface area (Å²) in [5.41, 5.74) is 4.81. The Labute approximate surface area is 161 Å². The van der Waals surface area contributed by atoms with E-state index in [1.807, 2.05) is 35.0 Å². The molecule has 0 unspecified atom stereocenters. The van der Waals surface area contributed by atoms with Crippen molar-refractivity contribution >= 4 is 29.1 Å². The van der Waals surface area contributed by atoms with Gasteiger partial charge in [-0.25, -0.2) is 4.68 Å². The normalized spacial score (nSPS) is 12.8. The number of amides is 1. The largest absolute Gasteiger partial charge is 0.346 e. The van der Waals surface area contributed by atoms with Crippen LogP contribution in [0.3, 0.4) is 0 Å². The maximum atomic E-state index is 12.5. The molecular formula is C20H17Cl2N3O. The Morgan fingerprint density at radius 3 is 2.69 bits per heavy atom. The average Bonchev–Trinajstić information content (AvgIpc) is 3.26. The molecule has 0 aliphatic heterocycles. The van der Waals surface area contributed by atoms with Crippen molar-refractivity contribution in [3.8, 4) is 5.69 Å². The fourth-order valence-corrected chi connectivity index (χ4v) is 3.76. The SMILES string of the molecule is O=C(NCc1nn(-c2ccccc2)c2c1CCC2)c1cccc(Cl)c1Cl. The van der Waals surface area contributed by atoms with Crippen LogP contribution in [-0.4, -0.2) is 15.7 Å². The van der Waals surface area contributed by atoms with Gasteiger partial charge in [-0.15, -0.1) is 0 Å². The zero-order valence-corrected chi connectivity index (χ0v) is 15.5. The van der Waals surface area contributed by atoms with Crippen molar-refractivity contribution in [3.63, 3.8) is 0 Å². The van der Waals surface area contributed by atoms with Crippen LogP contribution >= 0.6 is 23.2 Å². The number of nitrogens with one attached hydrogen (secondary N) is 1. The Balaban J connectivity index is 1.58. The van der Waals surface area contributed by atoms with Gasteiger partial charge < -0.3 is 5.32 Å². The lowest BCUT2D eigenvalue weighted by molar-refractivity contribution is 0.0950. The molecule has 6 heteroatoms. The van der Waals surface area contributed by atoms with Crippen LogP contribution in [0.5, 0.6) is 0 Å². The first-order chi connectivity index (χ1) is 12.6. The van der Waals surface area contributed by atoms with Gasteiger partial charge in [-0.05, 0) is 49.1 Å². The number of para-hydroxylation sites is 1. The predicted octanol–water partition coefficient (Wildman–Crippen LogP) is 4.60. The number of rotatable bonds is 4. The van der Waals surface area contributed by atoms with Crippen LogP contribution in [-0.2, 0) is 19.4 Å². The van der Waals surface area contributed by atoms with Crippen molar-refractivity contribution in [1.29, 1.82) is 0 Å². The molecule has 0 bridgehead atoms. The smallest absolute Gasteiger partial charge is 0.253 e. The second kappa shape index (κ2) is 7.14. The van der Waals surface area contributed by atoms with E-state index < -0.39 is 0 Å². The van der Waals surface area contributed by atoms with E-state index in [1.165, 1.54) is 11.3 Å². The van der Waals surface area contributed by atoms with Crippen LogP contribution in [0.1, 0.15) is 33.7 Å². The molecule has 0 fully saturated rings. The van der Waals surface area contributed by atoms with E-state index in [1.54, 1.807) is 18.2 Å². The molecule has 0 atom stereocenters. The molecule has 1 aromatic heterocycles. The molecule has 1 aliphatic rings. The van der Waals surface area contributed by atoms with Gasteiger partial charge in [0.1, 0.15) is 0 Å². The first-order valence-corrected chi connectivity index (χ1v) is 9.28. The minimum atomic E-state index is -0.251. The molecule has 3 aromatic rings. The molecule has 0 saturated heterocycles. The Bertz CT molecular complexity index is 967. The van der Waals surface area contributed by atoms with Crippen molar-refractivity contribution < 1.29 is 4.79 Å². The number of fused-ring (bicyclic) bond motifs is 1. The molecule has 4 rings (SSSR count). The lowest BCUT2D eigenvalue weighted by atomic mass is 10.2. The molecule has 0 saturated carbocycles. The molecule has 26 heavy (non-hydrogen) atoms. The average molecular weight is 386 g/mol. The Morgan fingerprint density at radius 2 is 1.88 bits per heavy atom. The van der Waals surface area contributed by atoms with Crippen LogP contribution < -0.4 is 5.32 Å².